The number of ether oxygens (including phenoxy) is 4. The van der Waals surface area contributed by atoms with Crippen molar-refractivity contribution in [3.8, 4) is 0 Å². The van der Waals surface area contributed by atoms with Crippen LogP contribution in [0.1, 0.15) is 89.2 Å². The second-order valence-electron chi connectivity index (χ2n) is 17.0. The summed E-state index contributed by atoms with van der Waals surface area (Å²) in [5.41, 5.74) is 1.50. The van der Waals surface area contributed by atoms with Crippen LogP contribution >= 0.6 is 0 Å². The number of carbonyl (C=O) groups excluding carboxylic acids is 6. The summed E-state index contributed by atoms with van der Waals surface area (Å²) >= 11 is 0. The maximum atomic E-state index is 13.7. The fourth-order valence-corrected chi connectivity index (χ4v) is 6.90. The Morgan fingerprint density at radius 1 is 0.967 bits per heavy atom. The Hall–Kier alpha value is -4.72. The third-order valence-electron chi connectivity index (χ3n) is 10.7. The van der Waals surface area contributed by atoms with Crippen molar-refractivity contribution in [3.63, 3.8) is 0 Å². The minimum Gasteiger partial charge on any atom is -0.460 e. The van der Waals surface area contributed by atoms with Crippen LogP contribution in [0.15, 0.2) is 36.5 Å². The number of ketones is 2. The van der Waals surface area contributed by atoms with E-state index in [9.17, 15) is 44.1 Å². The van der Waals surface area contributed by atoms with Crippen molar-refractivity contribution < 1.29 is 63.0 Å². The highest BCUT2D eigenvalue weighted by atomic mass is 16.5. The topological polar surface area (TPSA) is 246 Å². The number of Topliss-reactive ketones (excluding diaryl/α,β-unsaturated/α-hetero) is 2. The molecular weight excluding hydrogens is 794 g/mol. The number of aliphatic hydroxyl groups is 3. The molecule has 336 valence electrons. The highest BCUT2D eigenvalue weighted by Crippen LogP contribution is 2.29. The standard InChI is InChI=1S/C43H61N5O13/c1-25(2)31(20-30(49)21-33(48-37(52)12-13-38(48)53)32-22-47(46-45-32)14-15-59-17-16-58-7)41(56)44-26(3)34(50)19-27-8-9-29(23-61-42(57)43(4,5)6)28(18-27)10-11-36-40(55)39(54)35(51)24-60-36/h8-9,12-13,18,22,25-26,31,33,35-36,39-40,51,54-55H,10-11,14-17,19-21,23-24H2,1-7H3,(H,44,56)/t26-,31-,33+,35+,36-,39-,40-/m0/s1. The molecule has 3 amide bonds. The SMILES string of the molecule is COCCOCCn1cc([C@@H](CC(=O)C[C@H](C(=O)N[C@@H](C)C(=O)Cc2ccc(COC(=O)C(C)(C)C)c(CC[C@@H]3OC[C@@H](O)[C@H](O)[C@H]3O)c2)C(C)C)N2C(=O)C=CC2=O)nn1. The lowest BCUT2D eigenvalue weighted by molar-refractivity contribution is -0.188. The molecule has 2 aliphatic heterocycles. The number of aromatic nitrogens is 3. The molecule has 0 saturated carbocycles. The highest BCUT2D eigenvalue weighted by Gasteiger charge is 2.38. The number of imide groups is 1. The van der Waals surface area contributed by atoms with Crippen LogP contribution in [0.2, 0.25) is 0 Å². The molecule has 1 aromatic heterocycles. The van der Waals surface area contributed by atoms with Crippen molar-refractivity contribution in [1.29, 1.82) is 0 Å². The van der Waals surface area contributed by atoms with E-state index in [-0.39, 0.29) is 56.3 Å². The summed E-state index contributed by atoms with van der Waals surface area (Å²) in [4.78, 5) is 79.9. The van der Waals surface area contributed by atoms with Gasteiger partial charge in [0.15, 0.2) is 5.78 Å². The third-order valence-corrected chi connectivity index (χ3v) is 10.7. The van der Waals surface area contributed by atoms with Crippen LogP contribution in [0.4, 0.5) is 0 Å². The molecule has 2 aliphatic rings. The van der Waals surface area contributed by atoms with E-state index in [1.54, 1.807) is 73.0 Å². The molecule has 0 radical (unpaired) electrons. The number of methoxy groups -OCH3 is 1. The molecule has 7 atom stereocenters. The van der Waals surface area contributed by atoms with E-state index in [1.807, 2.05) is 0 Å². The maximum Gasteiger partial charge on any atom is 0.311 e. The summed E-state index contributed by atoms with van der Waals surface area (Å²) in [5, 5.41) is 41.5. The summed E-state index contributed by atoms with van der Waals surface area (Å²) in [6.07, 6.45) is -0.896. The first kappa shape index (κ1) is 48.9. The molecule has 3 heterocycles. The van der Waals surface area contributed by atoms with E-state index in [0.717, 1.165) is 22.6 Å². The fraction of sp³-hybridized carbons (Fsp3) is 0.628. The molecule has 1 fully saturated rings. The number of benzene rings is 1. The summed E-state index contributed by atoms with van der Waals surface area (Å²) < 4.78 is 23.1. The Morgan fingerprint density at radius 3 is 2.33 bits per heavy atom. The van der Waals surface area contributed by atoms with Gasteiger partial charge in [-0.15, -0.1) is 5.10 Å². The third kappa shape index (κ3) is 13.9. The molecule has 18 heteroatoms. The zero-order valence-electron chi connectivity index (χ0n) is 36.1. The highest BCUT2D eigenvalue weighted by molar-refractivity contribution is 6.13. The van der Waals surface area contributed by atoms with E-state index in [4.69, 9.17) is 18.9 Å². The number of nitrogens with zero attached hydrogens (tertiary/aromatic N) is 4. The van der Waals surface area contributed by atoms with Gasteiger partial charge in [0.1, 0.15) is 36.4 Å². The molecule has 1 aromatic carbocycles. The minimum absolute atomic E-state index is 0.0373. The van der Waals surface area contributed by atoms with Gasteiger partial charge in [-0.05, 0) is 63.1 Å². The number of carbonyl (C=O) groups is 6. The Morgan fingerprint density at radius 2 is 1.67 bits per heavy atom. The van der Waals surface area contributed by atoms with Crippen molar-refractivity contribution in [2.24, 2.45) is 17.3 Å². The van der Waals surface area contributed by atoms with Crippen LogP contribution in [0.3, 0.4) is 0 Å². The smallest absolute Gasteiger partial charge is 0.311 e. The molecule has 0 aliphatic carbocycles. The lowest BCUT2D eigenvalue weighted by Crippen LogP contribution is -2.52. The van der Waals surface area contributed by atoms with Gasteiger partial charge in [-0.1, -0.05) is 37.3 Å². The average Bonchev–Trinajstić information content (AvgIpc) is 3.81. The number of aliphatic hydroxyl groups excluding tert-OH is 3. The predicted molar refractivity (Wildman–Crippen MR) is 217 cm³/mol. The van der Waals surface area contributed by atoms with Gasteiger partial charge in [0.25, 0.3) is 11.8 Å². The number of esters is 1. The summed E-state index contributed by atoms with van der Waals surface area (Å²) in [6, 6.07) is 3.27. The van der Waals surface area contributed by atoms with Gasteiger partial charge in [-0.25, -0.2) is 4.68 Å². The lowest BCUT2D eigenvalue weighted by atomic mass is 9.87. The van der Waals surface area contributed by atoms with Gasteiger partial charge in [0.2, 0.25) is 5.91 Å². The second kappa shape index (κ2) is 22.4. The number of amides is 3. The van der Waals surface area contributed by atoms with Crippen LogP contribution in [0.5, 0.6) is 0 Å². The van der Waals surface area contributed by atoms with Crippen molar-refractivity contribution in [2.45, 2.75) is 123 Å². The van der Waals surface area contributed by atoms with Crippen molar-refractivity contribution >= 4 is 35.3 Å². The molecule has 18 nitrogen and oxygen atoms in total. The molecule has 1 saturated heterocycles. The van der Waals surface area contributed by atoms with Crippen LogP contribution in [-0.4, -0.2) is 134 Å². The largest absolute Gasteiger partial charge is 0.460 e. The van der Waals surface area contributed by atoms with Crippen LogP contribution in [-0.2, 0) is 73.7 Å². The maximum absolute atomic E-state index is 13.7. The van der Waals surface area contributed by atoms with Crippen LogP contribution in [0.25, 0.3) is 0 Å². The van der Waals surface area contributed by atoms with Gasteiger partial charge >= 0.3 is 5.97 Å². The van der Waals surface area contributed by atoms with Gasteiger partial charge in [0.05, 0.1) is 62.8 Å². The Kier molecular flexibility index (Phi) is 18.0. The van der Waals surface area contributed by atoms with Gasteiger partial charge < -0.3 is 39.6 Å². The van der Waals surface area contributed by atoms with E-state index in [1.165, 1.54) is 4.68 Å². The monoisotopic (exact) mass is 855 g/mol. The van der Waals surface area contributed by atoms with Gasteiger partial charge in [-0.3, -0.25) is 33.7 Å². The fourth-order valence-electron chi connectivity index (χ4n) is 6.90. The first-order valence-electron chi connectivity index (χ1n) is 20.6. The van der Waals surface area contributed by atoms with Crippen LogP contribution in [0, 0.1) is 17.3 Å². The van der Waals surface area contributed by atoms with Gasteiger partial charge in [0, 0.05) is 44.4 Å². The van der Waals surface area contributed by atoms with Crippen LogP contribution < -0.4 is 5.32 Å². The first-order valence-corrected chi connectivity index (χ1v) is 20.6. The molecule has 0 bridgehead atoms. The summed E-state index contributed by atoms with van der Waals surface area (Å²) in [5.74, 6) is -3.99. The molecule has 2 aromatic rings. The average molecular weight is 856 g/mol. The predicted octanol–water partition coefficient (Wildman–Crippen LogP) is 1.35. The molecule has 4 rings (SSSR count). The molecular formula is C43H61N5O13. The Bertz CT molecular complexity index is 1870. The first-order chi connectivity index (χ1) is 28.8. The van der Waals surface area contributed by atoms with E-state index in [0.29, 0.717) is 43.9 Å². The lowest BCUT2D eigenvalue weighted by Gasteiger charge is -2.35. The number of hydrogen-bond acceptors (Lipinski definition) is 15. The minimum atomic E-state index is -1.36. The molecule has 4 N–H and O–H groups in total. The number of aryl methyl sites for hydroxylation is 1. The van der Waals surface area contributed by atoms with E-state index < -0.39 is 77.3 Å². The Labute approximate surface area is 355 Å². The zero-order chi connectivity index (χ0) is 45.0. The summed E-state index contributed by atoms with van der Waals surface area (Å²) in [7, 11) is 1.56. The second-order valence-corrected chi connectivity index (χ2v) is 17.0. The van der Waals surface area contributed by atoms with Gasteiger partial charge in [-0.2, -0.15) is 0 Å². The van der Waals surface area contributed by atoms with Crippen molar-refractivity contribution in [2.75, 3.05) is 33.5 Å². The molecule has 0 spiro atoms. The molecule has 0 unspecified atom stereocenters. The number of nitrogens with one attached hydrogen (secondary N) is 1. The normalized spacial score (nSPS) is 20.8. The molecule has 61 heavy (non-hydrogen) atoms. The number of rotatable bonds is 23. The quantitative estimate of drug-likeness (QED) is 0.0700. The summed E-state index contributed by atoms with van der Waals surface area (Å²) in [6.45, 7) is 11.6. The number of hydrogen-bond donors (Lipinski definition) is 4. The Balaban J connectivity index is 1.42. The van der Waals surface area contributed by atoms with E-state index in [2.05, 4.69) is 15.6 Å². The van der Waals surface area contributed by atoms with Crippen molar-refractivity contribution in [3.05, 3.63) is 58.9 Å². The van der Waals surface area contributed by atoms with E-state index >= 15 is 0 Å². The van der Waals surface area contributed by atoms with Crippen molar-refractivity contribution in [1.82, 2.24) is 25.2 Å². The zero-order valence-corrected chi connectivity index (χ0v) is 36.1.